The van der Waals surface area contributed by atoms with Crippen molar-refractivity contribution in [1.29, 1.82) is 0 Å². The molecule has 2 aromatic carbocycles. The van der Waals surface area contributed by atoms with Gasteiger partial charge in [0.25, 0.3) is 5.91 Å². The van der Waals surface area contributed by atoms with Gasteiger partial charge in [0.05, 0.1) is 6.04 Å². The largest absolute Gasteiger partial charge is 0.483 e. The fraction of sp³-hybridized carbons (Fsp3) is 0.222. The summed E-state index contributed by atoms with van der Waals surface area (Å²) < 4.78 is 5.49. The van der Waals surface area contributed by atoms with Crippen molar-refractivity contribution in [3.8, 4) is 5.75 Å². The van der Waals surface area contributed by atoms with Crippen molar-refractivity contribution >= 4 is 34.8 Å². The van der Waals surface area contributed by atoms with E-state index in [0.29, 0.717) is 10.8 Å². The zero-order valence-electron chi connectivity index (χ0n) is 13.5. The summed E-state index contributed by atoms with van der Waals surface area (Å²) >= 11 is 11.1. The van der Waals surface area contributed by atoms with E-state index in [4.69, 9.17) is 28.6 Å². The van der Waals surface area contributed by atoms with Crippen molar-refractivity contribution in [3.63, 3.8) is 0 Å². The van der Waals surface area contributed by atoms with Gasteiger partial charge in [-0.2, -0.15) is 0 Å². The van der Waals surface area contributed by atoms with Crippen LogP contribution in [0, 0.1) is 6.92 Å². The fourth-order valence-electron chi connectivity index (χ4n) is 2.14. The molecule has 0 aliphatic heterocycles. The van der Waals surface area contributed by atoms with Gasteiger partial charge in [-0.25, -0.2) is 0 Å². The summed E-state index contributed by atoms with van der Waals surface area (Å²) in [5, 5.41) is 6.58. The Kier molecular flexibility index (Phi) is 6.58. The van der Waals surface area contributed by atoms with Crippen LogP contribution in [0.15, 0.2) is 48.5 Å². The average Bonchev–Trinajstić information content (AvgIpc) is 2.54. The molecule has 0 heterocycles. The topological polar surface area (TPSA) is 50.4 Å². The fourth-order valence-corrected chi connectivity index (χ4v) is 2.66. The SMILES string of the molecule is Cc1cc(Cl)ccc1OCC(=O)NC(=S)NC(C)c1ccccc1. The number of nitrogens with one attached hydrogen (secondary N) is 2. The average molecular weight is 363 g/mol. The van der Waals surface area contributed by atoms with E-state index >= 15 is 0 Å². The van der Waals surface area contributed by atoms with Crippen molar-refractivity contribution in [2.45, 2.75) is 19.9 Å². The first-order chi connectivity index (χ1) is 11.5. The molecule has 0 saturated heterocycles. The van der Waals surface area contributed by atoms with Crippen LogP contribution in [0.3, 0.4) is 0 Å². The molecule has 1 atom stereocenters. The molecular formula is C18H19ClN2O2S. The molecule has 0 spiro atoms. The summed E-state index contributed by atoms with van der Waals surface area (Å²) in [7, 11) is 0. The molecule has 2 rings (SSSR count). The summed E-state index contributed by atoms with van der Waals surface area (Å²) in [6.45, 7) is 3.72. The number of hydrogen-bond donors (Lipinski definition) is 2. The Morgan fingerprint density at radius 1 is 1.25 bits per heavy atom. The molecule has 0 fully saturated rings. The highest BCUT2D eigenvalue weighted by molar-refractivity contribution is 7.80. The molecular weight excluding hydrogens is 344 g/mol. The minimum atomic E-state index is -0.317. The molecule has 1 unspecified atom stereocenters. The second-order valence-corrected chi connectivity index (χ2v) is 6.20. The van der Waals surface area contributed by atoms with Gasteiger partial charge in [0.1, 0.15) is 5.75 Å². The standard InChI is InChI=1S/C18H19ClN2O2S/c1-12-10-15(19)8-9-16(12)23-11-17(22)21-18(24)20-13(2)14-6-4-3-5-7-14/h3-10,13H,11H2,1-2H3,(H2,20,21,22,24). The molecule has 0 saturated carbocycles. The van der Waals surface area contributed by atoms with E-state index in [1.54, 1.807) is 18.2 Å². The van der Waals surface area contributed by atoms with Crippen molar-refractivity contribution in [2.75, 3.05) is 6.61 Å². The maximum absolute atomic E-state index is 11.9. The number of rotatable bonds is 5. The molecule has 0 bridgehead atoms. The maximum atomic E-state index is 11.9. The molecule has 6 heteroatoms. The Morgan fingerprint density at radius 2 is 1.96 bits per heavy atom. The van der Waals surface area contributed by atoms with Crippen LogP contribution in [0.2, 0.25) is 5.02 Å². The first kappa shape index (κ1) is 18.2. The quantitative estimate of drug-likeness (QED) is 0.795. The highest BCUT2D eigenvalue weighted by Crippen LogP contribution is 2.21. The van der Waals surface area contributed by atoms with E-state index in [2.05, 4.69) is 10.6 Å². The van der Waals surface area contributed by atoms with Gasteiger partial charge in [0.2, 0.25) is 0 Å². The predicted molar refractivity (Wildman–Crippen MR) is 100 cm³/mol. The molecule has 0 radical (unpaired) electrons. The Labute approximate surface area is 152 Å². The third kappa shape index (κ3) is 5.51. The smallest absolute Gasteiger partial charge is 0.264 e. The van der Waals surface area contributed by atoms with Gasteiger partial charge in [-0.1, -0.05) is 41.9 Å². The number of aryl methyl sites for hydroxylation is 1. The number of ether oxygens (including phenoxy) is 1. The lowest BCUT2D eigenvalue weighted by molar-refractivity contribution is -0.121. The monoisotopic (exact) mass is 362 g/mol. The van der Waals surface area contributed by atoms with Gasteiger partial charge in [-0.3, -0.25) is 4.79 Å². The first-order valence-corrected chi connectivity index (χ1v) is 8.28. The van der Waals surface area contributed by atoms with E-state index in [-0.39, 0.29) is 23.7 Å². The summed E-state index contributed by atoms with van der Waals surface area (Å²) in [5.74, 6) is 0.299. The van der Waals surface area contributed by atoms with Crippen molar-refractivity contribution in [2.24, 2.45) is 0 Å². The zero-order chi connectivity index (χ0) is 17.5. The number of carbonyl (C=O) groups excluding carboxylic acids is 1. The van der Waals surface area contributed by atoms with Crippen molar-refractivity contribution in [1.82, 2.24) is 10.6 Å². The summed E-state index contributed by atoms with van der Waals surface area (Å²) in [6, 6.07) is 15.1. The van der Waals surface area contributed by atoms with Crippen LogP contribution in [0.1, 0.15) is 24.1 Å². The number of halogens is 1. The van der Waals surface area contributed by atoms with Crippen LogP contribution in [0.25, 0.3) is 0 Å². The lowest BCUT2D eigenvalue weighted by Gasteiger charge is -2.17. The molecule has 0 aliphatic rings. The summed E-state index contributed by atoms with van der Waals surface area (Å²) in [5.41, 5.74) is 1.95. The van der Waals surface area contributed by atoms with Crippen LogP contribution in [-0.2, 0) is 4.79 Å². The Morgan fingerprint density at radius 3 is 2.62 bits per heavy atom. The molecule has 0 aromatic heterocycles. The number of thiocarbonyl (C=S) groups is 1. The summed E-state index contributed by atoms with van der Waals surface area (Å²) in [6.07, 6.45) is 0. The highest BCUT2D eigenvalue weighted by atomic mass is 35.5. The zero-order valence-corrected chi connectivity index (χ0v) is 15.1. The van der Waals surface area contributed by atoms with Gasteiger partial charge in [0, 0.05) is 5.02 Å². The number of hydrogen-bond acceptors (Lipinski definition) is 3. The second kappa shape index (κ2) is 8.66. The molecule has 24 heavy (non-hydrogen) atoms. The molecule has 2 aromatic rings. The number of amides is 1. The minimum Gasteiger partial charge on any atom is -0.483 e. The van der Waals surface area contributed by atoms with Gasteiger partial charge >= 0.3 is 0 Å². The van der Waals surface area contributed by atoms with Gasteiger partial charge in [0.15, 0.2) is 11.7 Å². The highest BCUT2D eigenvalue weighted by Gasteiger charge is 2.10. The lowest BCUT2D eigenvalue weighted by Crippen LogP contribution is -2.42. The Hall–Kier alpha value is -2.11. The van der Waals surface area contributed by atoms with Crippen LogP contribution in [0.4, 0.5) is 0 Å². The van der Waals surface area contributed by atoms with Gasteiger partial charge < -0.3 is 15.4 Å². The normalized spacial score (nSPS) is 11.5. The van der Waals surface area contributed by atoms with Crippen molar-refractivity contribution in [3.05, 3.63) is 64.7 Å². The van der Waals surface area contributed by atoms with E-state index in [0.717, 1.165) is 11.1 Å². The summed E-state index contributed by atoms with van der Waals surface area (Å²) in [4.78, 5) is 11.9. The Bertz CT molecular complexity index is 722. The molecule has 2 N–H and O–H groups in total. The first-order valence-electron chi connectivity index (χ1n) is 7.50. The predicted octanol–water partition coefficient (Wildman–Crippen LogP) is 3.78. The van der Waals surface area contributed by atoms with Crippen LogP contribution in [-0.4, -0.2) is 17.6 Å². The molecule has 126 valence electrons. The van der Waals surface area contributed by atoms with E-state index in [1.165, 1.54) is 0 Å². The van der Waals surface area contributed by atoms with E-state index < -0.39 is 0 Å². The minimum absolute atomic E-state index is 0.00146. The number of carbonyl (C=O) groups is 1. The van der Waals surface area contributed by atoms with E-state index in [9.17, 15) is 4.79 Å². The lowest BCUT2D eigenvalue weighted by atomic mass is 10.1. The van der Waals surface area contributed by atoms with E-state index in [1.807, 2.05) is 44.2 Å². The number of benzene rings is 2. The van der Waals surface area contributed by atoms with Crippen LogP contribution < -0.4 is 15.4 Å². The third-order valence-electron chi connectivity index (χ3n) is 3.40. The molecule has 1 amide bonds. The Balaban J connectivity index is 1.80. The second-order valence-electron chi connectivity index (χ2n) is 5.35. The van der Waals surface area contributed by atoms with Crippen LogP contribution in [0.5, 0.6) is 5.75 Å². The van der Waals surface area contributed by atoms with Gasteiger partial charge in [-0.15, -0.1) is 0 Å². The molecule has 4 nitrogen and oxygen atoms in total. The van der Waals surface area contributed by atoms with Crippen molar-refractivity contribution < 1.29 is 9.53 Å². The molecule has 0 aliphatic carbocycles. The van der Waals surface area contributed by atoms with Crippen LogP contribution >= 0.6 is 23.8 Å². The van der Waals surface area contributed by atoms with Gasteiger partial charge in [-0.05, 0) is 55.4 Å². The maximum Gasteiger partial charge on any atom is 0.264 e. The third-order valence-corrected chi connectivity index (χ3v) is 3.85.